The predicted molar refractivity (Wildman–Crippen MR) is 111 cm³/mol. The summed E-state index contributed by atoms with van der Waals surface area (Å²) in [6, 6.07) is 6.35. The van der Waals surface area contributed by atoms with E-state index < -0.39 is 0 Å². The third kappa shape index (κ3) is 3.83. The number of hydrogen-bond donors (Lipinski definition) is 0. The van der Waals surface area contributed by atoms with Crippen molar-refractivity contribution in [2.45, 2.75) is 33.7 Å². The fraction of sp³-hybridized carbons (Fsp3) is 0.429. The minimum absolute atomic E-state index is 0.000677. The van der Waals surface area contributed by atoms with Gasteiger partial charge in [0.05, 0.1) is 25.1 Å². The van der Waals surface area contributed by atoms with Crippen molar-refractivity contribution in [1.29, 1.82) is 0 Å². The summed E-state index contributed by atoms with van der Waals surface area (Å²) in [6.07, 6.45) is 0.599. The zero-order chi connectivity index (χ0) is 19.6. The summed E-state index contributed by atoms with van der Waals surface area (Å²) in [6.45, 7) is 7.73. The number of thiophene rings is 1. The highest BCUT2D eigenvalue weighted by Crippen LogP contribution is 2.36. The molecule has 3 aromatic rings. The number of hydrogen-bond acceptors (Lipinski definition) is 5. The molecule has 6 heteroatoms. The summed E-state index contributed by atoms with van der Waals surface area (Å²) >= 11 is 1.58. The van der Waals surface area contributed by atoms with E-state index in [1.807, 2.05) is 0 Å². The molecule has 2 heterocycles. The summed E-state index contributed by atoms with van der Waals surface area (Å²) in [7, 11) is 3.30. The predicted octanol–water partition coefficient (Wildman–Crippen LogP) is 3.89. The Balaban J connectivity index is 2.25. The van der Waals surface area contributed by atoms with Crippen LogP contribution in [0.3, 0.4) is 0 Å². The van der Waals surface area contributed by atoms with Crippen LogP contribution in [0, 0.1) is 20.8 Å². The van der Waals surface area contributed by atoms with Crippen LogP contribution in [0.2, 0.25) is 0 Å². The molecule has 0 aliphatic rings. The zero-order valence-corrected chi connectivity index (χ0v) is 17.4. The van der Waals surface area contributed by atoms with Crippen LogP contribution in [0.1, 0.15) is 21.8 Å². The van der Waals surface area contributed by atoms with Gasteiger partial charge < -0.3 is 9.47 Å². The lowest BCUT2D eigenvalue weighted by Gasteiger charge is -2.12. The Bertz CT molecular complexity index is 1020. The monoisotopic (exact) mass is 386 g/mol. The highest BCUT2D eigenvalue weighted by atomic mass is 32.1. The Kier molecular flexibility index (Phi) is 6.09. The average molecular weight is 387 g/mol. The van der Waals surface area contributed by atoms with Crippen LogP contribution in [-0.4, -0.2) is 37.0 Å². The third-order valence-electron chi connectivity index (χ3n) is 4.91. The van der Waals surface area contributed by atoms with E-state index in [1.165, 1.54) is 11.1 Å². The number of rotatable bonds is 7. The van der Waals surface area contributed by atoms with Crippen LogP contribution in [0.15, 0.2) is 23.0 Å². The normalized spacial score (nSPS) is 11.4. The maximum Gasteiger partial charge on any atom is 0.262 e. The van der Waals surface area contributed by atoms with Crippen LogP contribution in [0.4, 0.5) is 0 Å². The summed E-state index contributed by atoms with van der Waals surface area (Å²) in [5.41, 5.74) is 4.54. The molecule has 27 heavy (non-hydrogen) atoms. The van der Waals surface area contributed by atoms with Crippen LogP contribution >= 0.6 is 11.3 Å². The smallest absolute Gasteiger partial charge is 0.262 e. The Morgan fingerprint density at radius 3 is 2.48 bits per heavy atom. The molecule has 0 amide bonds. The Morgan fingerprint density at radius 1 is 1.07 bits per heavy atom. The summed E-state index contributed by atoms with van der Waals surface area (Å²) in [5.74, 6) is 0.749. The van der Waals surface area contributed by atoms with E-state index in [0.717, 1.165) is 26.7 Å². The molecule has 0 saturated carbocycles. The second-order valence-electron chi connectivity index (χ2n) is 6.73. The maximum atomic E-state index is 13.4. The minimum atomic E-state index is 0.000677. The molecule has 2 aromatic heterocycles. The van der Waals surface area contributed by atoms with Gasteiger partial charge in [-0.15, -0.1) is 11.3 Å². The second kappa shape index (κ2) is 8.33. The number of nitrogens with zero attached hydrogens (tertiary/aromatic N) is 2. The van der Waals surface area contributed by atoms with Gasteiger partial charge in [0.25, 0.3) is 5.56 Å². The van der Waals surface area contributed by atoms with Crippen molar-refractivity contribution >= 4 is 21.6 Å². The molecule has 0 atom stereocenters. The van der Waals surface area contributed by atoms with Crippen LogP contribution in [0.25, 0.3) is 21.3 Å². The van der Waals surface area contributed by atoms with E-state index in [9.17, 15) is 4.79 Å². The van der Waals surface area contributed by atoms with Gasteiger partial charge in [-0.25, -0.2) is 4.98 Å². The van der Waals surface area contributed by atoms with Gasteiger partial charge in [-0.05, 0) is 37.5 Å². The first-order valence-electron chi connectivity index (χ1n) is 9.06. The van der Waals surface area contributed by atoms with Gasteiger partial charge in [0.1, 0.15) is 10.7 Å². The van der Waals surface area contributed by atoms with E-state index >= 15 is 0 Å². The van der Waals surface area contributed by atoms with Crippen LogP contribution < -0.4 is 5.56 Å². The molecule has 0 aliphatic carbocycles. The van der Waals surface area contributed by atoms with Gasteiger partial charge >= 0.3 is 0 Å². The largest absolute Gasteiger partial charge is 0.384 e. The second-order valence-corrected chi connectivity index (χ2v) is 7.94. The van der Waals surface area contributed by atoms with Crippen LogP contribution in [0.5, 0.6) is 0 Å². The topological polar surface area (TPSA) is 53.3 Å². The molecule has 0 spiro atoms. The standard InChI is InChI=1S/C21H26N2O3S/c1-13-6-7-16(12-14(13)2)18-15(3)27-20-19(18)21(24)23(9-11-26-5)17(22-20)8-10-25-4/h6-7,12H,8-11H2,1-5H3. The Morgan fingerprint density at radius 2 is 1.81 bits per heavy atom. The van der Waals surface area contributed by atoms with Crippen molar-refractivity contribution in [3.05, 3.63) is 50.4 Å². The van der Waals surface area contributed by atoms with E-state index in [1.54, 1.807) is 30.1 Å². The first-order valence-corrected chi connectivity index (χ1v) is 9.87. The number of aromatic nitrogens is 2. The fourth-order valence-corrected chi connectivity index (χ4v) is 4.33. The highest BCUT2D eigenvalue weighted by Gasteiger charge is 2.20. The number of ether oxygens (including phenoxy) is 2. The van der Waals surface area contributed by atoms with Crippen molar-refractivity contribution in [3.8, 4) is 11.1 Å². The molecule has 0 unspecified atom stereocenters. The van der Waals surface area contributed by atoms with Crippen LogP contribution in [-0.2, 0) is 22.4 Å². The summed E-state index contributed by atoms with van der Waals surface area (Å²) < 4.78 is 12.1. The van der Waals surface area contributed by atoms with Gasteiger partial charge in [0, 0.05) is 31.1 Å². The number of methoxy groups -OCH3 is 2. The van der Waals surface area contributed by atoms with E-state index in [-0.39, 0.29) is 5.56 Å². The molecule has 0 saturated heterocycles. The molecular weight excluding hydrogens is 360 g/mol. The number of fused-ring (bicyclic) bond motifs is 1. The molecular formula is C21H26N2O3S. The fourth-order valence-electron chi connectivity index (χ4n) is 3.28. The first kappa shape index (κ1) is 19.7. The Labute approximate surface area is 163 Å². The third-order valence-corrected chi connectivity index (χ3v) is 5.91. The van der Waals surface area contributed by atoms with Gasteiger partial charge in [-0.1, -0.05) is 18.2 Å². The quantitative estimate of drug-likeness (QED) is 0.618. The van der Waals surface area contributed by atoms with Gasteiger partial charge in [0.2, 0.25) is 0 Å². The van der Waals surface area contributed by atoms with E-state index in [4.69, 9.17) is 14.5 Å². The van der Waals surface area contributed by atoms with Crippen molar-refractivity contribution < 1.29 is 9.47 Å². The molecule has 0 bridgehead atoms. The van der Waals surface area contributed by atoms with Gasteiger partial charge in [-0.2, -0.15) is 0 Å². The zero-order valence-electron chi connectivity index (χ0n) is 16.6. The Hall–Kier alpha value is -2.02. The van der Waals surface area contributed by atoms with Crippen molar-refractivity contribution in [2.75, 3.05) is 27.4 Å². The van der Waals surface area contributed by atoms with Crippen molar-refractivity contribution in [3.63, 3.8) is 0 Å². The average Bonchev–Trinajstić information content (AvgIpc) is 2.98. The first-order chi connectivity index (χ1) is 13.0. The molecule has 0 N–H and O–H groups in total. The van der Waals surface area contributed by atoms with E-state index in [2.05, 4.69) is 39.0 Å². The molecule has 144 valence electrons. The molecule has 0 aliphatic heterocycles. The lowest BCUT2D eigenvalue weighted by molar-refractivity contribution is 0.180. The highest BCUT2D eigenvalue weighted by molar-refractivity contribution is 7.19. The maximum absolute atomic E-state index is 13.4. The molecule has 0 fully saturated rings. The van der Waals surface area contributed by atoms with Gasteiger partial charge in [-0.3, -0.25) is 9.36 Å². The summed E-state index contributed by atoms with van der Waals surface area (Å²) in [5, 5.41) is 0.707. The van der Waals surface area contributed by atoms with Crippen molar-refractivity contribution in [2.24, 2.45) is 0 Å². The lowest BCUT2D eigenvalue weighted by atomic mass is 9.99. The molecule has 0 radical (unpaired) electrons. The molecule has 1 aromatic carbocycles. The summed E-state index contributed by atoms with van der Waals surface area (Å²) in [4.78, 5) is 20.1. The number of benzene rings is 1. The van der Waals surface area contributed by atoms with Gasteiger partial charge in [0.15, 0.2) is 0 Å². The van der Waals surface area contributed by atoms with Crippen molar-refractivity contribution in [1.82, 2.24) is 9.55 Å². The number of aryl methyl sites for hydroxylation is 3. The lowest BCUT2D eigenvalue weighted by Crippen LogP contribution is -2.27. The SMILES string of the molecule is COCCc1nc2sc(C)c(-c3ccc(C)c(C)c3)c2c(=O)n1CCOC. The minimum Gasteiger partial charge on any atom is -0.384 e. The molecule has 5 nitrogen and oxygen atoms in total. The van der Waals surface area contributed by atoms with E-state index in [0.29, 0.717) is 31.6 Å². The molecule has 3 rings (SSSR count).